The molecule has 5 nitrogen and oxygen atoms in total. The predicted octanol–water partition coefficient (Wildman–Crippen LogP) is -9.89. The monoisotopic (exact) mass is 138 g/mol. The number of rotatable bonds is 0. The maximum absolute atomic E-state index is 0. The Morgan fingerprint density at radius 3 is 0.429 bits per heavy atom. The van der Waals surface area contributed by atoms with Gasteiger partial charge in [0, 0.05) is 0 Å². The fourth-order valence-corrected chi connectivity index (χ4v) is 0. The second-order valence-electron chi connectivity index (χ2n) is 0. The standard InChI is InChI=1S/2Na.5H2O.2H/h;;5*1H2;;/q2*+1;;;;;;2*-1. The largest absolute Gasteiger partial charge is 1.00 e. The Balaban J connectivity index is 0. The van der Waals surface area contributed by atoms with Crippen molar-refractivity contribution in [2.45, 2.75) is 0 Å². The first-order valence-electron chi connectivity index (χ1n) is 0. The summed E-state index contributed by atoms with van der Waals surface area (Å²) in [6.45, 7) is 0. The van der Waals surface area contributed by atoms with Gasteiger partial charge in [0.2, 0.25) is 0 Å². The van der Waals surface area contributed by atoms with E-state index in [0.29, 0.717) is 0 Å². The van der Waals surface area contributed by atoms with Crippen molar-refractivity contribution in [3.63, 3.8) is 0 Å². The Hall–Kier alpha value is 1.80. The summed E-state index contributed by atoms with van der Waals surface area (Å²) in [5, 5.41) is 0. The second kappa shape index (κ2) is 111. The van der Waals surface area contributed by atoms with Crippen LogP contribution >= 0.6 is 0 Å². The number of hydrogen-bond acceptors (Lipinski definition) is 0. The molecule has 0 heterocycles. The van der Waals surface area contributed by atoms with Crippen LogP contribution in [-0.4, -0.2) is 27.4 Å². The van der Waals surface area contributed by atoms with E-state index in [1.54, 1.807) is 0 Å². The molecule has 0 aliphatic heterocycles. The summed E-state index contributed by atoms with van der Waals surface area (Å²) >= 11 is 0. The van der Waals surface area contributed by atoms with Gasteiger partial charge in [-0.2, -0.15) is 0 Å². The normalized spacial score (nSPS) is 0. The Labute approximate surface area is 88.6 Å². The van der Waals surface area contributed by atoms with E-state index in [0.717, 1.165) is 0 Å². The van der Waals surface area contributed by atoms with Crippen LogP contribution in [0.2, 0.25) is 0 Å². The number of hydrogen-bond donors (Lipinski definition) is 0. The van der Waals surface area contributed by atoms with Crippen LogP contribution in [-0.2, 0) is 0 Å². The van der Waals surface area contributed by atoms with Crippen molar-refractivity contribution in [2.24, 2.45) is 0 Å². The molecule has 10 N–H and O–H groups in total. The molecule has 0 aromatic carbocycles. The van der Waals surface area contributed by atoms with E-state index in [-0.39, 0.29) is 89.3 Å². The van der Waals surface area contributed by atoms with Crippen LogP contribution in [0.5, 0.6) is 0 Å². The average molecular weight is 138 g/mol. The van der Waals surface area contributed by atoms with E-state index in [1.807, 2.05) is 0 Å². The molecule has 0 saturated heterocycles. The molecule has 0 spiro atoms. The van der Waals surface area contributed by atoms with Gasteiger partial charge in [0.1, 0.15) is 0 Å². The summed E-state index contributed by atoms with van der Waals surface area (Å²) in [6.07, 6.45) is 0. The van der Waals surface area contributed by atoms with Crippen LogP contribution in [0.1, 0.15) is 2.85 Å². The summed E-state index contributed by atoms with van der Waals surface area (Å²) in [4.78, 5) is 0. The van der Waals surface area contributed by atoms with Crippen molar-refractivity contribution in [3.8, 4) is 0 Å². The van der Waals surface area contributed by atoms with Crippen molar-refractivity contribution in [1.82, 2.24) is 0 Å². The third-order valence-electron chi connectivity index (χ3n) is 0. The van der Waals surface area contributed by atoms with Crippen LogP contribution in [0.3, 0.4) is 0 Å². The molecule has 0 bridgehead atoms. The van der Waals surface area contributed by atoms with Gasteiger partial charge in [-0.05, 0) is 0 Å². The van der Waals surface area contributed by atoms with Gasteiger partial charge in [0.15, 0.2) is 0 Å². The zero-order valence-corrected chi connectivity index (χ0v) is 8.50. The van der Waals surface area contributed by atoms with Gasteiger partial charge in [-0.25, -0.2) is 0 Å². The molecular weight excluding hydrogens is 126 g/mol. The van der Waals surface area contributed by atoms with E-state index in [2.05, 4.69) is 0 Å². The molecule has 0 fully saturated rings. The molecule has 0 aromatic rings. The molecule has 0 amide bonds. The van der Waals surface area contributed by atoms with E-state index in [4.69, 9.17) is 0 Å². The molecule has 0 unspecified atom stereocenters. The summed E-state index contributed by atoms with van der Waals surface area (Å²) in [5.41, 5.74) is 0. The Morgan fingerprint density at radius 2 is 0.429 bits per heavy atom. The minimum atomic E-state index is 0. The molecular formula is H12Na2O5. The van der Waals surface area contributed by atoms with Crippen molar-refractivity contribution in [2.75, 3.05) is 0 Å². The van der Waals surface area contributed by atoms with Crippen molar-refractivity contribution in [1.29, 1.82) is 0 Å². The third-order valence-corrected chi connectivity index (χ3v) is 0. The van der Waals surface area contributed by atoms with E-state index in [1.165, 1.54) is 0 Å². The van der Waals surface area contributed by atoms with Crippen molar-refractivity contribution >= 4 is 0 Å². The maximum atomic E-state index is 0. The summed E-state index contributed by atoms with van der Waals surface area (Å²) < 4.78 is 0. The molecule has 0 rings (SSSR count). The van der Waals surface area contributed by atoms with E-state index in [9.17, 15) is 0 Å². The van der Waals surface area contributed by atoms with Gasteiger partial charge in [0.05, 0.1) is 0 Å². The van der Waals surface area contributed by atoms with Crippen LogP contribution in [0, 0.1) is 0 Å². The van der Waals surface area contributed by atoms with E-state index < -0.39 is 0 Å². The Kier molecular flexibility index (Phi) is 2630. The van der Waals surface area contributed by atoms with Crippen LogP contribution in [0.4, 0.5) is 0 Å². The molecule has 0 atom stereocenters. The fraction of sp³-hybridized carbons (Fsp3) is 0. The van der Waals surface area contributed by atoms with Gasteiger partial charge in [-0.1, -0.05) is 0 Å². The van der Waals surface area contributed by atoms with Crippen molar-refractivity contribution in [3.05, 3.63) is 0 Å². The predicted molar refractivity (Wildman–Crippen MR) is 20.3 cm³/mol. The molecule has 0 radical (unpaired) electrons. The smallest absolute Gasteiger partial charge is 1.00 e. The van der Waals surface area contributed by atoms with Crippen molar-refractivity contribution < 1.29 is 89.3 Å². The summed E-state index contributed by atoms with van der Waals surface area (Å²) in [7, 11) is 0. The van der Waals surface area contributed by atoms with Gasteiger partial charge >= 0.3 is 59.1 Å². The van der Waals surface area contributed by atoms with Crippen LogP contribution in [0.15, 0.2) is 0 Å². The first-order valence-corrected chi connectivity index (χ1v) is 0. The van der Waals surface area contributed by atoms with Crippen LogP contribution < -0.4 is 59.1 Å². The van der Waals surface area contributed by atoms with Gasteiger partial charge in [-0.3, -0.25) is 0 Å². The van der Waals surface area contributed by atoms with Crippen LogP contribution in [0.25, 0.3) is 0 Å². The molecule has 0 aliphatic carbocycles. The van der Waals surface area contributed by atoms with Gasteiger partial charge in [-0.15, -0.1) is 0 Å². The molecule has 7 heteroatoms. The molecule has 0 aliphatic rings. The molecule has 44 valence electrons. The zero-order chi connectivity index (χ0) is 0. The first-order chi connectivity index (χ1) is 0. The first kappa shape index (κ1) is 165. The third kappa shape index (κ3) is 81.0. The average Bonchev–Trinajstić information content (AvgIpc) is 0. The molecule has 0 aromatic heterocycles. The van der Waals surface area contributed by atoms with Gasteiger partial charge in [0.25, 0.3) is 0 Å². The molecule has 0 saturated carbocycles. The maximum Gasteiger partial charge on any atom is 1.00 e. The topological polar surface area (TPSA) is 158 Å². The minimum absolute atomic E-state index is 0. The zero-order valence-electron chi connectivity index (χ0n) is 6.50. The Morgan fingerprint density at radius 1 is 0.429 bits per heavy atom. The fourth-order valence-electron chi connectivity index (χ4n) is 0. The minimum Gasteiger partial charge on any atom is -1.00 e. The molecule has 7 heavy (non-hydrogen) atoms. The van der Waals surface area contributed by atoms with E-state index >= 15 is 0 Å². The van der Waals surface area contributed by atoms with Gasteiger partial charge < -0.3 is 30.2 Å². The second-order valence-corrected chi connectivity index (χ2v) is 0. The summed E-state index contributed by atoms with van der Waals surface area (Å²) in [5.74, 6) is 0. The quantitative estimate of drug-likeness (QED) is 0.291. The summed E-state index contributed by atoms with van der Waals surface area (Å²) in [6, 6.07) is 0. The SMILES string of the molecule is O.O.O.O.O.[H-].[H-].[Na+].[Na+]. The Bertz CT molecular complexity index is 12.9.